The molecular weight excluding hydrogens is 668 g/mol. The molecule has 5 amide bonds. The summed E-state index contributed by atoms with van der Waals surface area (Å²) in [6.45, 7) is 2.86. The van der Waals surface area contributed by atoms with Crippen molar-refractivity contribution in [2.75, 3.05) is 13.6 Å². The van der Waals surface area contributed by atoms with Gasteiger partial charge in [0.05, 0.1) is 6.04 Å². The standard InChI is InChI=1S/C30H48N6O14/c1-16(37)18(31-3)6-4-5-15-32-23(39)11-7-20(28(45)46)34-25(41)13-9-22(30(49)50)36-26(42)14-10-21(29(47)48)35-24(40)12-8-19(27(43)44)33-17(2)38/h18-22,31H,4-15H2,1-3H3,(H,32,39)(H,33,38)(H,34,41)(H,35,40)(H,36,42)(H,43,44)(H,45,46)(H,47,48)(H,49,50)/t18?,19-,20-,21-,22-/m0/s1. The molecule has 1 unspecified atom stereocenters. The number of amides is 5. The lowest BCUT2D eigenvalue weighted by Gasteiger charge is -2.18. The van der Waals surface area contributed by atoms with E-state index in [1.807, 2.05) is 0 Å². The highest BCUT2D eigenvalue weighted by molar-refractivity contribution is 5.88. The van der Waals surface area contributed by atoms with Gasteiger partial charge in [-0.2, -0.15) is 0 Å². The Labute approximate surface area is 287 Å². The SMILES string of the molecule is CNC(CCCCNC(=O)CC[C@H](NC(=O)CC[C@H](NC(=O)CC[C@H](NC(=O)CC[C@H](NC(C)=O)C(=O)O)C(=O)O)C(=O)O)C(=O)O)C(C)=O. The highest BCUT2D eigenvalue weighted by Crippen LogP contribution is 2.07. The van der Waals surface area contributed by atoms with Crippen LogP contribution in [0.3, 0.4) is 0 Å². The largest absolute Gasteiger partial charge is 0.480 e. The molecule has 10 N–H and O–H groups in total. The molecule has 5 atom stereocenters. The van der Waals surface area contributed by atoms with Crippen molar-refractivity contribution in [1.82, 2.24) is 31.9 Å². The first-order valence-corrected chi connectivity index (χ1v) is 15.9. The van der Waals surface area contributed by atoms with Gasteiger partial charge in [-0.15, -0.1) is 0 Å². The number of aliphatic carboxylic acids is 4. The maximum absolute atomic E-state index is 12.4. The number of carboxylic acid groups (broad SMARTS) is 4. The fourth-order valence-electron chi connectivity index (χ4n) is 4.52. The second kappa shape index (κ2) is 24.1. The number of hydrogen-bond acceptors (Lipinski definition) is 11. The number of likely N-dealkylation sites (N-methyl/N-ethyl adjacent to an activating group) is 1. The Bertz CT molecular complexity index is 1240. The van der Waals surface area contributed by atoms with Crippen molar-refractivity contribution in [1.29, 1.82) is 0 Å². The average Bonchev–Trinajstić information content (AvgIpc) is 3.02. The fourth-order valence-corrected chi connectivity index (χ4v) is 4.52. The molecular formula is C30H48N6O14. The molecule has 0 saturated carbocycles. The van der Waals surface area contributed by atoms with Gasteiger partial charge in [-0.05, 0) is 58.9 Å². The summed E-state index contributed by atoms with van der Waals surface area (Å²) in [5, 5.41) is 51.5. The maximum Gasteiger partial charge on any atom is 0.326 e. The van der Waals surface area contributed by atoms with Crippen molar-refractivity contribution in [3.8, 4) is 0 Å². The van der Waals surface area contributed by atoms with E-state index in [-0.39, 0.29) is 31.1 Å². The number of Topliss-reactive ketones (excluding diaryl/α,β-unsaturated/α-hetero) is 1. The van der Waals surface area contributed by atoms with Crippen LogP contribution < -0.4 is 31.9 Å². The van der Waals surface area contributed by atoms with E-state index in [1.54, 1.807) is 7.05 Å². The number of unbranched alkanes of at least 4 members (excludes halogenated alkanes) is 1. The number of ketones is 1. The van der Waals surface area contributed by atoms with E-state index in [9.17, 15) is 63.3 Å². The summed E-state index contributed by atoms with van der Waals surface area (Å²) in [4.78, 5) is 118. The predicted octanol–water partition coefficient (Wildman–Crippen LogP) is -2.13. The van der Waals surface area contributed by atoms with Crippen molar-refractivity contribution < 1.29 is 68.4 Å². The van der Waals surface area contributed by atoms with E-state index in [0.717, 1.165) is 6.92 Å². The number of hydrogen-bond donors (Lipinski definition) is 10. The Balaban J connectivity index is 4.79. The van der Waals surface area contributed by atoms with Crippen LogP contribution in [0.15, 0.2) is 0 Å². The third kappa shape index (κ3) is 20.3. The van der Waals surface area contributed by atoms with Gasteiger partial charge in [0.25, 0.3) is 0 Å². The van der Waals surface area contributed by atoms with E-state index in [4.69, 9.17) is 5.11 Å². The second-order valence-corrected chi connectivity index (χ2v) is 11.4. The molecule has 50 heavy (non-hydrogen) atoms. The minimum Gasteiger partial charge on any atom is -0.480 e. The normalized spacial score (nSPS) is 13.7. The minimum absolute atomic E-state index is 0.00219. The van der Waals surface area contributed by atoms with Gasteiger partial charge in [0.1, 0.15) is 30.0 Å². The Morgan fingerprint density at radius 1 is 0.460 bits per heavy atom. The quantitative estimate of drug-likeness (QED) is 0.0406. The zero-order valence-corrected chi connectivity index (χ0v) is 28.2. The Morgan fingerprint density at radius 2 is 0.800 bits per heavy atom. The predicted molar refractivity (Wildman–Crippen MR) is 171 cm³/mol. The molecule has 0 aliphatic carbocycles. The Kier molecular flexibility index (Phi) is 21.6. The average molecular weight is 717 g/mol. The van der Waals surface area contributed by atoms with Crippen LogP contribution in [0.25, 0.3) is 0 Å². The Morgan fingerprint density at radius 3 is 1.10 bits per heavy atom. The molecule has 0 aromatic heterocycles. The highest BCUT2D eigenvalue weighted by atomic mass is 16.4. The van der Waals surface area contributed by atoms with E-state index in [1.165, 1.54) is 6.92 Å². The summed E-state index contributed by atoms with van der Waals surface area (Å²) >= 11 is 0. The van der Waals surface area contributed by atoms with Gasteiger partial charge >= 0.3 is 23.9 Å². The molecule has 0 heterocycles. The van der Waals surface area contributed by atoms with Crippen molar-refractivity contribution >= 4 is 59.2 Å². The van der Waals surface area contributed by atoms with E-state index >= 15 is 0 Å². The van der Waals surface area contributed by atoms with Crippen molar-refractivity contribution in [3.05, 3.63) is 0 Å². The number of carbonyl (C=O) groups is 10. The molecule has 20 heteroatoms. The zero-order valence-electron chi connectivity index (χ0n) is 28.2. The summed E-state index contributed by atoms with van der Waals surface area (Å²) in [7, 11) is 1.67. The molecule has 0 fully saturated rings. The lowest BCUT2D eigenvalue weighted by molar-refractivity contribution is -0.144. The van der Waals surface area contributed by atoms with Crippen LogP contribution in [-0.2, 0) is 47.9 Å². The van der Waals surface area contributed by atoms with Crippen molar-refractivity contribution in [2.45, 2.75) is 115 Å². The first-order valence-electron chi connectivity index (χ1n) is 15.9. The second-order valence-electron chi connectivity index (χ2n) is 11.4. The third-order valence-corrected chi connectivity index (χ3v) is 7.30. The summed E-state index contributed by atoms with van der Waals surface area (Å²) < 4.78 is 0. The maximum atomic E-state index is 12.4. The minimum atomic E-state index is -1.61. The van der Waals surface area contributed by atoms with Crippen LogP contribution in [0, 0.1) is 0 Å². The number of carboxylic acids is 4. The Hall–Kier alpha value is -5.14. The number of carbonyl (C=O) groups excluding carboxylic acids is 6. The summed E-state index contributed by atoms with van der Waals surface area (Å²) in [6.07, 6.45) is -1.46. The van der Waals surface area contributed by atoms with Crippen molar-refractivity contribution in [2.24, 2.45) is 0 Å². The van der Waals surface area contributed by atoms with Gasteiger partial charge in [0.15, 0.2) is 0 Å². The van der Waals surface area contributed by atoms with Gasteiger partial charge in [0, 0.05) is 39.2 Å². The van der Waals surface area contributed by atoms with Crippen LogP contribution in [0.5, 0.6) is 0 Å². The molecule has 0 bridgehead atoms. The summed E-state index contributed by atoms with van der Waals surface area (Å²) in [6, 6.07) is -6.32. The molecule has 0 saturated heterocycles. The van der Waals surface area contributed by atoms with Crippen LogP contribution in [0.4, 0.5) is 0 Å². The molecule has 0 aromatic rings. The van der Waals surface area contributed by atoms with Crippen LogP contribution in [0.2, 0.25) is 0 Å². The number of nitrogens with one attached hydrogen (secondary N) is 6. The lowest BCUT2D eigenvalue weighted by Crippen LogP contribution is -2.45. The summed E-state index contributed by atoms with van der Waals surface area (Å²) in [5.74, 6) is -9.64. The zero-order chi connectivity index (χ0) is 38.4. The smallest absolute Gasteiger partial charge is 0.326 e. The first-order chi connectivity index (χ1) is 23.4. The molecule has 0 aliphatic heterocycles. The van der Waals surface area contributed by atoms with Gasteiger partial charge < -0.3 is 52.3 Å². The van der Waals surface area contributed by atoms with E-state index in [2.05, 4.69) is 31.9 Å². The van der Waals surface area contributed by atoms with Gasteiger partial charge in [-0.1, -0.05) is 0 Å². The fraction of sp³-hybridized carbons (Fsp3) is 0.667. The van der Waals surface area contributed by atoms with Gasteiger partial charge in [-0.3, -0.25) is 28.8 Å². The van der Waals surface area contributed by atoms with Crippen molar-refractivity contribution in [3.63, 3.8) is 0 Å². The lowest BCUT2D eigenvalue weighted by atomic mass is 10.1. The number of rotatable bonds is 27. The van der Waals surface area contributed by atoms with E-state index in [0.29, 0.717) is 25.8 Å². The molecule has 0 radical (unpaired) electrons. The molecule has 282 valence electrons. The monoisotopic (exact) mass is 716 g/mol. The topological polar surface area (TPSA) is 324 Å². The van der Waals surface area contributed by atoms with Crippen LogP contribution in [0.1, 0.15) is 84.5 Å². The van der Waals surface area contributed by atoms with E-state index < -0.39 is 110 Å². The van der Waals surface area contributed by atoms with Gasteiger partial charge in [0.2, 0.25) is 29.5 Å². The first kappa shape index (κ1) is 44.9. The van der Waals surface area contributed by atoms with Gasteiger partial charge in [-0.25, -0.2) is 19.2 Å². The van der Waals surface area contributed by atoms with Crippen LogP contribution in [-0.4, -0.2) is 123 Å². The molecule has 0 spiro atoms. The molecule has 0 aromatic carbocycles. The molecule has 20 nitrogen and oxygen atoms in total. The summed E-state index contributed by atoms with van der Waals surface area (Å²) in [5.41, 5.74) is 0. The molecule has 0 rings (SSSR count). The van der Waals surface area contributed by atoms with Crippen LogP contribution >= 0.6 is 0 Å². The third-order valence-electron chi connectivity index (χ3n) is 7.30. The highest BCUT2D eigenvalue weighted by Gasteiger charge is 2.27. The molecule has 0 aliphatic rings.